The van der Waals surface area contributed by atoms with Crippen molar-refractivity contribution >= 4 is 51.9 Å². The standard InChI is InChI=1S/C21H17ClN4O4S/c1-2-26-19(17-10-12-5-3-4-6-16(12)30-17)24-25-21(26)31-11-18(27)23-15-9-13(20(28)29)7-8-14(15)22/h3-10H,2,11H2,1H3,(H,23,27)(H,28,29). The molecule has 0 bridgehead atoms. The van der Waals surface area contributed by atoms with E-state index in [4.69, 9.17) is 21.1 Å². The summed E-state index contributed by atoms with van der Waals surface area (Å²) in [5.41, 5.74) is 1.04. The molecule has 8 nitrogen and oxygen atoms in total. The highest BCUT2D eigenvalue weighted by Crippen LogP contribution is 2.29. The molecule has 0 saturated heterocycles. The lowest BCUT2D eigenvalue weighted by Gasteiger charge is -2.09. The van der Waals surface area contributed by atoms with Gasteiger partial charge in [-0.15, -0.1) is 10.2 Å². The topological polar surface area (TPSA) is 110 Å². The highest BCUT2D eigenvalue weighted by molar-refractivity contribution is 7.99. The first-order valence-corrected chi connectivity index (χ1v) is 10.7. The minimum absolute atomic E-state index is 0.0357. The number of carboxylic acids is 1. The molecule has 0 aliphatic heterocycles. The second kappa shape index (κ2) is 8.83. The molecule has 0 radical (unpaired) electrons. The van der Waals surface area contributed by atoms with Gasteiger partial charge in [0.2, 0.25) is 11.7 Å². The van der Waals surface area contributed by atoms with E-state index in [2.05, 4.69) is 15.5 Å². The molecule has 0 aliphatic rings. The lowest BCUT2D eigenvalue weighted by atomic mass is 10.2. The van der Waals surface area contributed by atoms with Crippen LogP contribution in [0.3, 0.4) is 0 Å². The fourth-order valence-electron chi connectivity index (χ4n) is 3.03. The summed E-state index contributed by atoms with van der Waals surface area (Å²) in [6.45, 7) is 2.55. The van der Waals surface area contributed by atoms with E-state index in [1.165, 1.54) is 30.0 Å². The fourth-order valence-corrected chi connectivity index (χ4v) is 3.99. The minimum atomic E-state index is -1.10. The maximum atomic E-state index is 12.4. The number of halogens is 1. The maximum Gasteiger partial charge on any atom is 0.335 e. The van der Waals surface area contributed by atoms with Crippen LogP contribution < -0.4 is 5.32 Å². The van der Waals surface area contributed by atoms with Crippen LogP contribution >= 0.6 is 23.4 Å². The highest BCUT2D eigenvalue weighted by atomic mass is 35.5. The largest absolute Gasteiger partial charge is 0.478 e. The van der Waals surface area contributed by atoms with E-state index in [1.807, 2.05) is 41.8 Å². The molecule has 0 aliphatic carbocycles. The molecule has 0 atom stereocenters. The zero-order chi connectivity index (χ0) is 22.0. The molecule has 4 aromatic rings. The molecule has 31 heavy (non-hydrogen) atoms. The summed E-state index contributed by atoms with van der Waals surface area (Å²) in [5, 5.41) is 22.0. The molecule has 0 saturated carbocycles. The van der Waals surface area contributed by atoms with Crippen molar-refractivity contribution in [1.82, 2.24) is 14.8 Å². The Morgan fingerprint density at radius 2 is 2.00 bits per heavy atom. The summed E-state index contributed by atoms with van der Waals surface area (Å²) in [5.74, 6) is -0.213. The van der Waals surface area contributed by atoms with Crippen molar-refractivity contribution in [1.29, 1.82) is 0 Å². The van der Waals surface area contributed by atoms with Crippen LogP contribution in [0.15, 0.2) is 58.1 Å². The smallest absolute Gasteiger partial charge is 0.335 e. The molecule has 1 amide bonds. The number of anilines is 1. The van der Waals surface area contributed by atoms with Gasteiger partial charge >= 0.3 is 5.97 Å². The van der Waals surface area contributed by atoms with E-state index >= 15 is 0 Å². The van der Waals surface area contributed by atoms with E-state index in [0.29, 0.717) is 23.3 Å². The first-order chi connectivity index (χ1) is 15.0. The Morgan fingerprint density at radius 1 is 1.19 bits per heavy atom. The van der Waals surface area contributed by atoms with Crippen molar-refractivity contribution in [2.75, 3.05) is 11.1 Å². The van der Waals surface area contributed by atoms with E-state index in [9.17, 15) is 9.59 Å². The lowest BCUT2D eigenvalue weighted by molar-refractivity contribution is -0.113. The Labute approximate surface area is 186 Å². The van der Waals surface area contributed by atoms with Crippen molar-refractivity contribution in [2.24, 2.45) is 0 Å². The van der Waals surface area contributed by atoms with E-state index in [-0.39, 0.29) is 27.9 Å². The van der Waals surface area contributed by atoms with Crippen molar-refractivity contribution in [3.8, 4) is 11.6 Å². The van der Waals surface area contributed by atoms with Crippen LogP contribution in [0.2, 0.25) is 5.02 Å². The Kier molecular flexibility index (Phi) is 5.97. The monoisotopic (exact) mass is 456 g/mol. The molecule has 0 fully saturated rings. The molecule has 2 N–H and O–H groups in total. The Morgan fingerprint density at radius 3 is 2.74 bits per heavy atom. The predicted molar refractivity (Wildman–Crippen MR) is 119 cm³/mol. The summed E-state index contributed by atoms with van der Waals surface area (Å²) in [6.07, 6.45) is 0. The van der Waals surface area contributed by atoms with Crippen LogP contribution in [-0.2, 0) is 11.3 Å². The normalized spacial score (nSPS) is 11.0. The van der Waals surface area contributed by atoms with Gasteiger partial charge in [-0.05, 0) is 37.3 Å². The summed E-state index contributed by atoms with van der Waals surface area (Å²) in [7, 11) is 0. The molecule has 2 aromatic carbocycles. The first-order valence-electron chi connectivity index (χ1n) is 9.34. The Bertz CT molecular complexity index is 1250. The van der Waals surface area contributed by atoms with Gasteiger partial charge in [-0.2, -0.15) is 0 Å². The summed E-state index contributed by atoms with van der Waals surface area (Å²) in [4.78, 5) is 23.5. The van der Waals surface area contributed by atoms with Crippen LogP contribution in [0, 0.1) is 0 Å². The van der Waals surface area contributed by atoms with E-state index in [1.54, 1.807) is 0 Å². The van der Waals surface area contributed by atoms with Gasteiger partial charge in [0, 0.05) is 11.9 Å². The molecule has 0 unspecified atom stereocenters. The van der Waals surface area contributed by atoms with Crippen LogP contribution in [0.4, 0.5) is 5.69 Å². The first kappa shape index (κ1) is 21.0. The van der Waals surface area contributed by atoms with E-state index in [0.717, 1.165) is 11.0 Å². The third-order valence-corrected chi connectivity index (χ3v) is 5.80. The molecule has 2 aromatic heterocycles. The van der Waals surface area contributed by atoms with Crippen LogP contribution in [0.1, 0.15) is 17.3 Å². The van der Waals surface area contributed by atoms with Crippen molar-refractivity contribution in [3.63, 3.8) is 0 Å². The average Bonchev–Trinajstić information content (AvgIpc) is 3.36. The number of amides is 1. The highest BCUT2D eigenvalue weighted by Gasteiger charge is 2.18. The number of nitrogens with zero attached hydrogens (tertiary/aromatic N) is 3. The van der Waals surface area contributed by atoms with Crippen LogP contribution in [-0.4, -0.2) is 37.5 Å². The molecule has 2 heterocycles. The van der Waals surface area contributed by atoms with Gasteiger partial charge in [-0.25, -0.2) is 4.79 Å². The molecule has 4 rings (SSSR count). The predicted octanol–water partition coefficient (Wildman–Crippen LogP) is 4.79. The number of benzene rings is 2. The number of rotatable bonds is 7. The summed E-state index contributed by atoms with van der Waals surface area (Å²) >= 11 is 7.28. The SMILES string of the molecule is CCn1c(SCC(=O)Nc2cc(C(=O)O)ccc2Cl)nnc1-c1cc2ccccc2o1. The van der Waals surface area contributed by atoms with Gasteiger partial charge in [-0.1, -0.05) is 41.6 Å². The third-order valence-electron chi connectivity index (χ3n) is 4.50. The van der Waals surface area contributed by atoms with Gasteiger partial charge in [0.25, 0.3) is 0 Å². The van der Waals surface area contributed by atoms with Crippen molar-refractivity contribution in [3.05, 3.63) is 59.1 Å². The Balaban J connectivity index is 1.48. The fraction of sp³-hybridized carbons (Fsp3) is 0.143. The average molecular weight is 457 g/mol. The molecule has 10 heteroatoms. The number of para-hydroxylation sites is 1. The van der Waals surface area contributed by atoms with E-state index < -0.39 is 5.97 Å². The van der Waals surface area contributed by atoms with Crippen LogP contribution in [0.5, 0.6) is 0 Å². The zero-order valence-electron chi connectivity index (χ0n) is 16.3. The number of thioether (sulfide) groups is 1. The maximum absolute atomic E-state index is 12.4. The van der Waals surface area contributed by atoms with Gasteiger partial charge in [0.1, 0.15) is 5.58 Å². The number of aromatic carboxylic acids is 1. The minimum Gasteiger partial charge on any atom is -0.478 e. The van der Waals surface area contributed by atoms with Gasteiger partial charge in [0.15, 0.2) is 10.9 Å². The van der Waals surface area contributed by atoms with Crippen molar-refractivity contribution < 1.29 is 19.1 Å². The van der Waals surface area contributed by atoms with Crippen molar-refractivity contribution in [2.45, 2.75) is 18.6 Å². The number of fused-ring (bicyclic) bond motifs is 1. The third kappa shape index (κ3) is 4.42. The number of furan rings is 1. The van der Waals surface area contributed by atoms with Crippen LogP contribution in [0.25, 0.3) is 22.6 Å². The number of carboxylic acid groups (broad SMARTS) is 1. The number of aromatic nitrogens is 3. The second-order valence-corrected chi connectivity index (χ2v) is 7.89. The van der Waals surface area contributed by atoms with Gasteiger partial charge < -0.3 is 14.8 Å². The number of hydrogen-bond donors (Lipinski definition) is 2. The zero-order valence-corrected chi connectivity index (χ0v) is 17.9. The number of carbonyl (C=O) groups excluding carboxylic acids is 1. The van der Waals surface area contributed by atoms with Gasteiger partial charge in [0.05, 0.1) is 22.0 Å². The molecular weight excluding hydrogens is 440 g/mol. The quantitative estimate of drug-likeness (QED) is 0.384. The molecular formula is C21H17ClN4O4S. The number of carbonyl (C=O) groups is 2. The molecule has 158 valence electrons. The lowest BCUT2D eigenvalue weighted by Crippen LogP contribution is -2.15. The second-order valence-electron chi connectivity index (χ2n) is 6.54. The molecule has 0 spiro atoms. The summed E-state index contributed by atoms with van der Waals surface area (Å²) < 4.78 is 7.75. The number of hydrogen-bond acceptors (Lipinski definition) is 6. The number of nitrogens with one attached hydrogen (secondary N) is 1. The Hall–Kier alpha value is -3.30. The van der Waals surface area contributed by atoms with Gasteiger partial charge in [-0.3, -0.25) is 9.36 Å². The summed E-state index contributed by atoms with van der Waals surface area (Å²) in [6, 6.07) is 13.7.